The first-order valence-electron chi connectivity index (χ1n) is 6.83. The Kier molecular flexibility index (Phi) is 9.41. The lowest BCUT2D eigenvalue weighted by atomic mass is 9.89. The molecule has 0 aliphatic heterocycles. The molecule has 0 aromatic rings. The molecule has 0 rings (SSSR count). The summed E-state index contributed by atoms with van der Waals surface area (Å²) in [5.41, 5.74) is 2.22. The average Bonchev–Trinajstić information content (AvgIpc) is 2.49. The van der Waals surface area contributed by atoms with Gasteiger partial charge in [0.05, 0.1) is 13.0 Å². The minimum atomic E-state index is -0.894. The van der Waals surface area contributed by atoms with E-state index in [1.165, 1.54) is 14.0 Å². The van der Waals surface area contributed by atoms with E-state index in [-0.39, 0.29) is 11.6 Å². The van der Waals surface area contributed by atoms with Gasteiger partial charge in [-0.05, 0) is 43.8 Å². The van der Waals surface area contributed by atoms with E-state index < -0.39 is 17.8 Å². The summed E-state index contributed by atoms with van der Waals surface area (Å²) >= 11 is 2.16. The lowest BCUT2D eigenvalue weighted by Gasteiger charge is -2.13. The van der Waals surface area contributed by atoms with E-state index in [1.807, 2.05) is 24.0 Å². The fourth-order valence-electron chi connectivity index (χ4n) is 1.86. The standard InChI is InChI=1S/C16H23IO4/c1-10(8-11(2)9-17)6-7-14(18)12(3)15(19)13(4)16(20)21-5/h8-9,12-13H,6-7H2,1-5H3/b10-8+,11-9+. The van der Waals surface area contributed by atoms with Crippen molar-refractivity contribution in [1.29, 1.82) is 0 Å². The molecule has 2 unspecified atom stereocenters. The van der Waals surface area contributed by atoms with Crippen molar-refractivity contribution < 1.29 is 19.1 Å². The highest BCUT2D eigenvalue weighted by atomic mass is 127. The largest absolute Gasteiger partial charge is 0.468 e. The molecule has 4 nitrogen and oxygen atoms in total. The van der Waals surface area contributed by atoms with Crippen LogP contribution >= 0.6 is 22.6 Å². The number of Topliss-reactive ketones (excluding diaryl/α,β-unsaturated/α-hetero) is 2. The molecule has 0 aromatic heterocycles. The van der Waals surface area contributed by atoms with Gasteiger partial charge >= 0.3 is 5.97 Å². The summed E-state index contributed by atoms with van der Waals surface area (Å²) in [6.45, 7) is 6.97. The molecular formula is C16H23IO4. The maximum atomic E-state index is 12.0. The first-order chi connectivity index (χ1) is 9.74. The molecule has 0 bridgehead atoms. The minimum absolute atomic E-state index is 0.139. The van der Waals surface area contributed by atoms with Crippen LogP contribution in [0.15, 0.2) is 21.3 Å². The Hall–Kier alpha value is -0.980. The molecule has 0 radical (unpaired) electrons. The summed E-state index contributed by atoms with van der Waals surface area (Å²) in [4.78, 5) is 35.4. The van der Waals surface area contributed by atoms with Crippen LogP contribution in [0.3, 0.4) is 0 Å². The van der Waals surface area contributed by atoms with E-state index >= 15 is 0 Å². The number of methoxy groups -OCH3 is 1. The molecule has 0 saturated carbocycles. The number of allylic oxidation sites excluding steroid dienone is 3. The summed E-state index contributed by atoms with van der Waals surface area (Å²) in [5.74, 6) is -2.78. The summed E-state index contributed by atoms with van der Waals surface area (Å²) in [7, 11) is 1.23. The molecule has 0 aliphatic carbocycles. The fourth-order valence-corrected chi connectivity index (χ4v) is 2.04. The van der Waals surface area contributed by atoms with Crippen molar-refractivity contribution in [2.45, 2.75) is 40.5 Å². The molecule has 0 aromatic carbocycles. The van der Waals surface area contributed by atoms with Crippen LogP contribution in [0.4, 0.5) is 0 Å². The van der Waals surface area contributed by atoms with Crippen molar-refractivity contribution in [3.63, 3.8) is 0 Å². The number of carbonyl (C=O) groups is 3. The van der Waals surface area contributed by atoms with E-state index in [4.69, 9.17) is 0 Å². The van der Waals surface area contributed by atoms with E-state index in [1.54, 1.807) is 6.92 Å². The molecule has 118 valence electrons. The lowest BCUT2D eigenvalue weighted by Crippen LogP contribution is -2.31. The Morgan fingerprint density at radius 3 is 2.14 bits per heavy atom. The van der Waals surface area contributed by atoms with Crippen molar-refractivity contribution in [2.24, 2.45) is 11.8 Å². The third kappa shape index (κ3) is 7.02. The molecule has 0 spiro atoms. The van der Waals surface area contributed by atoms with Gasteiger partial charge in [-0.15, -0.1) is 0 Å². The van der Waals surface area contributed by atoms with Crippen molar-refractivity contribution in [2.75, 3.05) is 7.11 Å². The smallest absolute Gasteiger partial charge is 0.315 e. The lowest BCUT2D eigenvalue weighted by molar-refractivity contribution is -0.150. The predicted molar refractivity (Wildman–Crippen MR) is 91.1 cm³/mol. The number of carbonyl (C=O) groups excluding carboxylic acids is 3. The van der Waals surface area contributed by atoms with Gasteiger partial charge in [0.25, 0.3) is 0 Å². The molecule has 2 atom stereocenters. The van der Waals surface area contributed by atoms with Crippen LogP contribution in [0.1, 0.15) is 40.5 Å². The van der Waals surface area contributed by atoms with Gasteiger partial charge in [0.1, 0.15) is 11.7 Å². The maximum absolute atomic E-state index is 12.0. The molecular weight excluding hydrogens is 383 g/mol. The molecule has 0 aliphatic rings. The third-order valence-electron chi connectivity index (χ3n) is 3.30. The van der Waals surface area contributed by atoms with Crippen LogP contribution in [0.5, 0.6) is 0 Å². The summed E-state index contributed by atoms with van der Waals surface area (Å²) < 4.78 is 6.50. The van der Waals surface area contributed by atoms with Gasteiger partial charge in [0, 0.05) is 6.42 Å². The predicted octanol–water partition coefficient (Wildman–Crippen LogP) is 3.64. The Bertz CT molecular complexity index is 463. The van der Waals surface area contributed by atoms with Crippen molar-refractivity contribution >= 4 is 40.1 Å². The molecule has 0 fully saturated rings. The zero-order chi connectivity index (χ0) is 16.6. The number of esters is 1. The van der Waals surface area contributed by atoms with Crippen molar-refractivity contribution in [1.82, 2.24) is 0 Å². The summed E-state index contributed by atoms with van der Waals surface area (Å²) in [6.07, 6.45) is 2.94. The van der Waals surface area contributed by atoms with Crippen molar-refractivity contribution in [3.05, 3.63) is 21.3 Å². The van der Waals surface area contributed by atoms with Gasteiger partial charge in [-0.2, -0.15) is 0 Å². The van der Waals surface area contributed by atoms with E-state index in [2.05, 4.69) is 27.3 Å². The molecule has 21 heavy (non-hydrogen) atoms. The first kappa shape index (κ1) is 20.0. The highest BCUT2D eigenvalue weighted by Gasteiger charge is 2.30. The molecule has 0 saturated heterocycles. The average molecular weight is 406 g/mol. The number of halogens is 1. The number of hydrogen-bond donors (Lipinski definition) is 0. The zero-order valence-electron chi connectivity index (χ0n) is 13.2. The van der Waals surface area contributed by atoms with Gasteiger partial charge in [0.2, 0.25) is 0 Å². The second-order valence-corrected chi connectivity index (χ2v) is 5.80. The monoisotopic (exact) mass is 406 g/mol. The van der Waals surface area contributed by atoms with Gasteiger partial charge in [-0.1, -0.05) is 34.2 Å². The first-order valence-corrected chi connectivity index (χ1v) is 8.07. The number of rotatable bonds is 8. The number of hydrogen-bond acceptors (Lipinski definition) is 4. The Morgan fingerprint density at radius 2 is 1.67 bits per heavy atom. The normalized spacial score (nSPS) is 15.3. The van der Waals surface area contributed by atoms with Crippen LogP contribution in [0.25, 0.3) is 0 Å². The van der Waals surface area contributed by atoms with Crippen LogP contribution in [0, 0.1) is 11.8 Å². The minimum Gasteiger partial charge on any atom is -0.468 e. The molecule has 5 heteroatoms. The maximum Gasteiger partial charge on any atom is 0.315 e. The van der Waals surface area contributed by atoms with E-state index in [0.717, 1.165) is 11.1 Å². The van der Waals surface area contributed by atoms with Gasteiger partial charge in [-0.25, -0.2) is 0 Å². The van der Waals surface area contributed by atoms with Crippen LogP contribution in [0.2, 0.25) is 0 Å². The second-order valence-electron chi connectivity index (χ2n) is 5.18. The van der Waals surface area contributed by atoms with Crippen LogP contribution < -0.4 is 0 Å². The quantitative estimate of drug-likeness (QED) is 0.267. The van der Waals surface area contributed by atoms with Crippen LogP contribution in [-0.4, -0.2) is 24.6 Å². The van der Waals surface area contributed by atoms with Gasteiger partial charge in [0.15, 0.2) is 5.78 Å². The summed E-state index contributed by atoms with van der Waals surface area (Å²) in [5, 5.41) is 0. The SMILES string of the molecule is COC(=O)C(C)C(=O)C(C)C(=O)CC/C(C)=C/C(C)=C/I. The number of ketones is 2. The Balaban J connectivity index is 4.57. The zero-order valence-corrected chi connectivity index (χ0v) is 15.4. The third-order valence-corrected chi connectivity index (χ3v) is 4.29. The second kappa shape index (κ2) is 9.87. The highest BCUT2D eigenvalue weighted by Crippen LogP contribution is 2.15. The molecule has 0 amide bonds. The molecule has 0 heterocycles. The highest BCUT2D eigenvalue weighted by molar-refractivity contribution is 14.1. The molecule has 0 N–H and O–H groups in total. The fraction of sp³-hybridized carbons (Fsp3) is 0.562. The van der Waals surface area contributed by atoms with E-state index in [0.29, 0.717) is 12.8 Å². The van der Waals surface area contributed by atoms with E-state index in [9.17, 15) is 14.4 Å². The van der Waals surface area contributed by atoms with Gasteiger partial charge < -0.3 is 4.74 Å². The Labute approximate surface area is 140 Å². The van der Waals surface area contributed by atoms with Crippen molar-refractivity contribution in [3.8, 4) is 0 Å². The Morgan fingerprint density at radius 1 is 1.10 bits per heavy atom. The van der Waals surface area contributed by atoms with Gasteiger partial charge in [-0.3, -0.25) is 14.4 Å². The topological polar surface area (TPSA) is 60.4 Å². The summed E-state index contributed by atoms with van der Waals surface area (Å²) in [6, 6.07) is 0. The number of ether oxygens (including phenoxy) is 1. The van der Waals surface area contributed by atoms with Crippen LogP contribution in [-0.2, 0) is 19.1 Å².